The van der Waals surface area contributed by atoms with E-state index in [2.05, 4.69) is 5.32 Å². The lowest BCUT2D eigenvalue weighted by Crippen LogP contribution is -2.46. The summed E-state index contributed by atoms with van der Waals surface area (Å²) in [5.41, 5.74) is -0.279. The Labute approximate surface area is 110 Å². The van der Waals surface area contributed by atoms with Crippen molar-refractivity contribution in [3.63, 3.8) is 0 Å². The second-order valence-corrected chi connectivity index (χ2v) is 5.00. The van der Waals surface area contributed by atoms with Gasteiger partial charge in [-0.1, -0.05) is 6.92 Å². The summed E-state index contributed by atoms with van der Waals surface area (Å²) in [5.74, 6) is -1.77. The van der Waals surface area contributed by atoms with E-state index in [0.717, 1.165) is 18.2 Å². The molecule has 1 aliphatic rings. The maximum atomic E-state index is 13.5. The number of aliphatic hydroxyl groups is 1. The molecule has 0 radical (unpaired) electrons. The first-order valence-electron chi connectivity index (χ1n) is 6.45. The van der Waals surface area contributed by atoms with Crippen molar-refractivity contribution >= 4 is 5.91 Å². The molecule has 0 unspecified atom stereocenters. The molecule has 0 bridgehead atoms. The monoisotopic (exact) mass is 269 g/mol. The highest BCUT2D eigenvalue weighted by Crippen LogP contribution is 2.31. The van der Waals surface area contributed by atoms with Crippen molar-refractivity contribution in [2.24, 2.45) is 5.92 Å². The molecule has 0 heterocycles. The SMILES string of the molecule is CC[C@@H](NC(=O)c1cc(F)ccc1F)C1CC(O)C1. The number of nitrogens with one attached hydrogen (secondary N) is 1. The lowest BCUT2D eigenvalue weighted by molar-refractivity contribution is 0.0232. The van der Waals surface area contributed by atoms with Crippen LogP contribution in [0.3, 0.4) is 0 Å². The molecule has 1 aliphatic carbocycles. The molecule has 0 spiro atoms. The third kappa shape index (κ3) is 3.10. The molecule has 1 atom stereocenters. The van der Waals surface area contributed by atoms with Gasteiger partial charge in [0.15, 0.2) is 0 Å². The Balaban J connectivity index is 2.05. The van der Waals surface area contributed by atoms with Gasteiger partial charge in [-0.3, -0.25) is 4.79 Å². The first kappa shape index (κ1) is 13.9. The van der Waals surface area contributed by atoms with Crippen molar-refractivity contribution < 1.29 is 18.7 Å². The van der Waals surface area contributed by atoms with Gasteiger partial charge in [0, 0.05) is 6.04 Å². The molecule has 5 heteroatoms. The van der Waals surface area contributed by atoms with Crippen molar-refractivity contribution in [1.29, 1.82) is 0 Å². The Kier molecular flexibility index (Phi) is 4.14. The lowest BCUT2D eigenvalue weighted by atomic mass is 9.76. The number of hydrogen-bond acceptors (Lipinski definition) is 2. The molecular formula is C14H17F2NO2. The molecular weight excluding hydrogens is 252 g/mol. The average Bonchev–Trinajstić information content (AvgIpc) is 2.35. The van der Waals surface area contributed by atoms with Crippen molar-refractivity contribution in [3.05, 3.63) is 35.4 Å². The Morgan fingerprint density at radius 1 is 1.47 bits per heavy atom. The molecule has 104 valence electrons. The van der Waals surface area contributed by atoms with E-state index in [1.54, 1.807) is 0 Å². The molecule has 19 heavy (non-hydrogen) atoms. The number of carbonyl (C=O) groups is 1. The van der Waals surface area contributed by atoms with Crippen LogP contribution in [0.2, 0.25) is 0 Å². The van der Waals surface area contributed by atoms with Crippen molar-refractivity contribution in [3.8, 4) is 0 Å². The Morgan fingerprint density at radius 2 is 2.16 bits per heavy atom. The lowest BCUT2D eigenvalue weighted by Gasteiger charge is -2.37. The smallest absolute Gasteiger partial charge is 0.254 e. The summed E-state index contributed by atoms with van der Waals surface area (Å²) in [6.07, 6.45) is 1.68. The van der Waals surface area contributed by atoms with Crippen molar-refractivity contribution in [2.45, 2.75) is 38.3 Å². The Bertz CT molecular complexity index is 473. The maximum absolute atomic E-state index is 13.5. The van der Waals surface area contributed by atoms with E-state index in [0.29, 0.717) is 19.3 Å². The third-order valence-electron chi connectivity index (χ3n) is 3.65. The second-order valence-electron chi connectivity index (χ2n) is 5.00. The first-order valence-corrected chi connectivity index (χ1v) is 6.45. The van der Waals surface area contributed by atoms with Crippen LogP contribution in [0.1, 0.15) is 36.5 Å². The maximum Gasteiger partial charge on any atom is 0.254 e. The van der Waals surface area contributed by atoms with E-state index in [4.69, 9.17) is 0 Å². The zero-order valence-corrected chi connectivity index (χ0v) is 10.7. The van der Waals surface area contributed by atoms with Crippen LogP contribution in [0.25, 0.3) is 0 Å². The van der Waals surface area contributed by atoms with E-state index in [9.17, 15) is 18.7 Å². The number of rotatable bonds is 4. The van der Waals surface area contributed by atoms with E-state index < -0.39 is 17.5 Å². The Hall–Kier alpha value is -1.49. The fourth-order valence-corrected chi connectivity index (χ4v) is 2.43. The zero-order valence-electron chi connectivity index (χ0n) is 10.7. The number of hydrogen-bond donors (Lipinski definition) is 2. The molecule has 3 nitrogen and oxygen atoms in total. The second kappa shape index (κ2) is 5.65. The van der Waals surface area contributed by atoms with Crippen molar-refractivity contribution in [1.82, 2.24) is 5.32 Å². The van der Waals surface area contributed by atoms with Crippen LogP contribution in [0.15, 0.2) is 18.2 Å². The van der Waals surface area contributed by atoms with Crippen LogP contribution in [-0.4, -0.2) is 23.2 Å². The predicted molar refractivity (Wildman–Crippen MR) is 66.6 cm³/mol. The first-order chi connectivity index (χ1) is 9.01. The minimum Gasteiger partial charge on any atom is -0.393 e. The van der Waals surface area contributed by atoms with Gasteiger partial charge in [-0.05, 0) is 43.4 Å². The van der Waals surface area contributed by atoms with Crippen LogP contribution in [0, 0.1) is 17.6 Å². The topological polar surface area (TPSA) is 49.3 Å². The summed E-state index contributed by atoms with van der Waals surface area (Å²) in [5, 5.41) is 12.0. The number of aliphatic hydroxyl groups excluding tert-OH is 1. The molecule has 1 aromatic rings. The normalized spacial score (nSPS) is 23.6. The van der Waals surface area contributed by atoms with Crippen LogP contribution in [0.4, 0.5) is 8.78 Å². The molecule has 1 amide bonds. The fraction of sp³-hybridized carbons (Fsp3) is 0.500. The van der Waals surface area contributed by atoms with Gasteiger partial charge in [-0.25, -0.2) is 8.78 Å². The van der Waals surface area contributed by atoms with Crippen LogP contribution in [0.5, 0.6) is 0 Å². The van der Waals surface area contributed by atoms with Crippen LogP contribution in [-0.2, 0) is 0 Å². The molecule has 1 saturated carbocycles. The van der Waals surface area contributed by atoms with Gasteiger partial charge in [0.25, 0.3) is 5.91 Å². The van der Waals surface area contributed by atoms with E-state index in [1.807, 2.05) is 6.92 Å². The summed E-state index contributed by atoms with van der Waals surface area (Å²) in [6, 6.07) is 2.70. The van der Waals surface area contributed by atoms with Gasteiger partial charge in [0.05, 0.1) is 11.7 Å². The quantitative estimate of drug-likeness (QED) is 0.880. The molecule has 2 rings (SSSR count). The molecule has 0 saturated heterocycles. The number of carbonyl (C=O) groups excluding carboxylic acids is 1. The number of halogens is 2. The van der Waals surface area contributed by atoms with E-state index >= 15 is 0 Å². The standard InChI is InChI=1S/C14H17F2NO2/c1-2-13(8-5-10(18)6-8)17-14(19)11-7-9(15)3-4-12(11)16/h3-4,7-8,10,13,18H,2,5-6H2,1H3,(H,17,19)/t8?,10?,13-/m1/s1. The highest BCUT2D eigenvalue weighted by atomic mass is 19.1. The number of benzene rings is 1. The van der Waals surface area contributed by atoms with Gasteiger partial charge in [-0.2, -0.15) is 0 Å². The Morgan fingerprint density at radius 3 is 2.74 bits per heavy atom. The van der Waals surface area contributed by atoms with Gasteiger partial charge >= 0.3 is 0 Å². The van der Waals surface area contributed by atoms with Gasteiger partial charge in [-0.15, -0.1) is 0 Å². The zero-order chi connectivity index (χ0) is 14.0. The van der Waals surface area contributed by atoms with Gasteiger partial charge in [0.1, 0.15) is 11.6 Å². The largest absolute Gasteiger partial charge is 0.393 e. The minimum atomic E-state index is -0.734. The van der Waals surface area contributed by atoms with E-state index in [1.165, 1.54) is 0 Å². The number of amides is 1. The summed E-state index contributed by atoms with van der Waals surface area (Å²) in [7, 11) is 0. The van der Waals surface area contributed by atoms with Crippen LogP contribution >= 0.6 is 0 Å². The van der Waals surface area contributed by atoms with Gasteiger partial charge in [0.2, 0.25) is 0 Å². The summed E-state index contributed by atoms with van der Waals surface area (Å²) >= 11 is 0. The van der Waals surface area contributed by atoms with Crippen molar-refractivity contribution in [2.75, 3.05) is 0 Å². The third-order valence-corrected chi connectivity index (χ3v) is 3.65. The van der Waals surface area contributed by atoms with Gasteiger partial charge < -0.3 is 10.4 Å². The fourth-order valence-electron chi connectivity index (χ4n) is 2.43. The molecule has 0 aliphatic heterocycles. The summed E-state index contributed by atoms with van der Waals surface area (Å²) in [6.45, 7) is 1.91. The minimum absolute atomic E-state index is 0.112. The van der Waals surface area contributed by atoms with E-state index in [-0.39, 0.29) is 23.6 Å². The summed E-state index contributed by atoms with van der Waals surface area (Å²) in [4.78, 5) is 11.9. The highest BCUT2D eigenvalue weighted by molar-refractivity contribution is 5.94. The average molecular weight is 269 g/mol. The molecule has 1 aromatic carbocycles. The molecule has 0 aromatic heterocycles. The summed E-state index contributed by atoms with van der Waals surface area (Å²) < 4.78 is 26.5. The predicted octanol–water partition coefficient (Wildman–Crippen LogP) is 2.24. The molecule has 1 fully saturated rings. The highest BCUT2D eigenvalue weighted by Gasteiger charge is 2.34. The van der Waals surface area contributed by atoms with Crippen LogP contribution < -0.4 is 5.32 Å². The molecule has 2 N–H and O–H groups in total.